The Balaban J connectivity index is 2.60. The van der Waals surface area contributed by atoms with Gasteiger partial charge in [0.25, 0.3) is 0 Å². The highest BCUT2D eigenvalue weighted by atomic mass is 19.1. The molecular formula is C12H9FN2O3. The highest BCUT2D eigenvalue weighted by Gasteiger charge is 2.13. The second-order valence-electron chi connectivity index (χ2n) is 3.67. The fourth-order valence-corrected chi connectivity index (χ4v) is 1.44. The van der Waals surface area contributed by atoms with E-state index in [1.54, 1.807) is 6.92 Å². The Morgan fingerprint density at radius 1 is 1.33 bits per heavy atom. The first-order chi connectivity index (χ1) is 8.52. The van der Waals surface area contributed by atoms with Crippen molar-refractivity contribution in [1.29, 1.82) is 0 Å². The molecule has 1 aromatic heterocycles. The van der Waals surface area contributed by atoms with Gasteiger partial charge in [-0.15, -0.1) is 0 Å². The third-order valence-electron chi connectivity index (χ3n) is 2.45. The number of benzene rings is 1. The van der Waals surface area contributed by atoms with Crippen LogP contribution in [0.2, 0.25) is 0 Å². The Morgan fingerprint density at radius 2 is 2.06 bits per heavy atom. The normalized spacial score (nSPS) is 10.3. The molecule has 0 aliphatic carbocycles. The molecule has 0 saturated heterocycles. The maximum absolute atomic E-state index is 13.7. The molecule has 0 spiro atoms. The van der Waals surface area contributed by atoms with Gasteiger partial charge in [0.1, 0.15) is 11.6 Å². The number of phenols is 1. The quantitative estimate of drug-likeness (QED) is 0.792. The summed E-state index contributed by atoms with van der Waals surface area (Å²) in [5.74, 6) is -1.40. The lowest BCUT2D eigenvalue weighted by atomic mass is 10.1. The standard InChI is InChI=1S/C12H9FN2O3/c1-6-12(18)15-10(4-14-6)8-3-11(17)7(5-16)2-9(8)13/h2-5,17H,1H3,(H,15,18). The van der Waals surface area contributed by atoms with Gasteiger partial charge in [-0.05, 0) is 19.1 Å². The lowest BCUT2D eigenvalue weighted by Gasteiger charge is -2.06. The number of carbonyl (C=O) groups excluding carboxylic acids is 1. The number of carbonyl (C=O) groups is 1. The maximum Gasteiger partial charge on any atom is 0.233 e. The fourth-order valence-electron chi connectivity index (χ4n) is 1.44. The highest BCUT2D eigenvalue weighted by molar-refractivity contribution is 5.81. The topological polar surface area (TPSA) is 83.3 Å². The molecular weight excluding hydrogens is 239 g/mol. The zero-order valence-corrected chi connectivity index (χ0v) is 9.38. The molecule has 0 fully saturated rings. The third-order valence-corrected chi connectivity index (χ3v) is 2.45. The summed E-state index contributed by atoms with van der Waals surface area (Å²) in [5.41, 5.74) is 0.192. The van der Waals surface area contributed by atoms with Gasteiger partial charge in [-0.2, -0.15) is 0 Å². The summed E-state index contributed by atoms with van der Waals surface area (Å²) >= 11 is 0. The molecule has 0 bridgehead atoms. The molecule has 18 heavy (non-hydrogen) atoms. The molecule has 1 heterocycles. The largest absolute Gasteiger partial charge is 0.507 e. The zero-order chi connectivity index (χ0) is 13.3. The van der Waals surface area contributed by atoms with Crippen LogP contribution in [0.5, 0.6) is 11.6 Å². The van der Waals surface area contributed by atoms with Gasteiger partial charge in [0.05, 0.1) is 23.1 Å². The monoisotopic (exact) mass is 248 g/mol. The van der Waals surface area contributed by atoms with E-state index >= 15 is 0 Å². The van der Waals surface area contributed by atoms with E-state index in [0.717, 1.165) is 12.1 Å². The highest BCUT2D eigenvalue weighted by Crippen LogP contribution is 2.28. The summed E-state index contributed by atoms with van der Waals surface area (Å²) in [4.78, 5) is 18.1. The van der Waals surface area contributed by atoms with E-state index in [1.165, 1.54) is 6.20 Å². The number of aromatic nitrogens is 2. The molecule has 2 aromatic rings. The van der Waals surface area contributed by atoms with E-state index in [4.69, 9.17) is 0 Å². The molecule has 1 aromatic carbocycles. The van der Waals surface area contributed by atoms with E-state index in [0.29, 0.717) is 12.0 Å². The van der Waals surface area contributed by atoms with Crippen LogP contribution >= 0.6 is 0 Å². The molecule has 92 valence electrons. The van der Waals surface area contributed by atoms with Crippen molar-refractivity contribution in [2.45, 2.75) is 6.92 Å². The Labute approximate surface area is 102 Å². The minimum absolute atomic E-state index is 0.0408. The van der Waals surface area contributed by atoms with Gasteiger partial charge in [0.2, 0.25) is 5.88 Å². The summed E-state index contributed by atoms with van der Waals surface area (Å²) in [6.45, 7) is 1.55. The lowest BCUT2D eigenvalue weighted by Crippen LogP contribution is -1.94. The van der Waals surface area contributed by atoms with Crippen molar-refractivity contribution in [2.24, 2.45) is 0 Å². The SMILES string of the molecule is Cc1ncc(-c2cc(O)c(C=O)cc2F)nc1O. The molecule has 0 unspecified atom stereocenters. The molecule has 0 aliphatic rings. The Hall–Kier alpha value is -2.50. The molecule has 0 saturated carbocycles. The van der Waals surface area contributed by atoms with Crippen molar-refractivity contribution in [1.82, 2.24) is 9.97 Å². The second kappa shape index (κ2) is 4.40. The Bertz CT molecular complexity index is 629. The predicted molar refractivity (Wildman–Crippen MR) is 60.9 cm³/mol. The van der Waals surface area contributed by atoms with Crippen LogP contribution in [0.1, 0.15) is 16.1 Å². The maximum atomic E-state index is 13.7. The molecule has 6 heteroatoms. The molecule has 0 aliphatic heterocycles. The van der Waals surface area contributed by atoms with Crippen LogP contribution in [0.25, 0.3) is 11.3 Å². The first-order valence-electron chi connectivity index (χ1n) is 5.03. The third kappa shape index (κ3) is 2.00. The van der Waals surface area contributed by atoms with Crippen molar-refractivity contribution in [3.63, 3.8) is 0 Å². The number of aryl methyl sites for hydroxylation is 1. The van der Waals surface area contributed by atoms with Crippen molar-refractivity contribution in [3.8, 4) is 22.9 Å². The molecule has 0 radical (unpaired) electrons. The average molecular weight is 248 g/mol. The van der Waals surface area contributed by atoms with Gasteiger partial charge in [-0.3, -0.25) is 9.78 Å². The number of nitrogens with zero attached hydrogens (tertiary/aromatic N) is 2. The number of rotatable bonds is 2. The fraction of sp³-hybridized carbons (Fsp3) is 0.0833. The molecule has 5 nitrogen and oxygen atoms in total. The van der Waals surface area contributed by atoms with Gasteiger partial charge in [0, 0.05) is 5.56 Å². The number of aldehydes is 1. The van der Waals surface area contributed by atoms with Crippen molar-refractivity contribution in [3.05, 3.63) is 35.4 Å². The summed E-state index contributed by atoms with van der Waals surface area (Å²) < 4.78 is 13.7. The zero-order valence-electron chi connectivity index (χ0n) is 9.38. The minimum Gasteiger partial charge on any atom is -0.507 e. The van der Waals surface area contributed by atoms with Gasteiger partial charge in [-0.25, -0.2) is 9.37 Å². The molecule has 0 atom stereocenters. The van der Waals surface area contributed by atoms with E-state index in [2.05, 4.69) is 9.97 Å². The van der Waals surface area contributed by atoms with E-state index in [-0.39, 0.29) is 28.5 Å². The summed E-state index contributed by atoms with van der Waals surface area (Å²) in [7, 11) is 0. The van der Waals surface area contributed by atoms with E-state index in [1.807, 2.05) is 0 Å². The smallest absolute Gasteiger partial charge is 0.233 e. The Morgan fingerprint density at radius 3 is 2.67 bits per heavy atom. The first-order valence-corrected chi connectivity index (χ1v) is 5.03. The van der Waals surface area contributed by atoms with Crippen LogP contribution in [0.15, 0.2) is 18.3 Å². The van der Waals surface area contributed by atoms with Crippen LogP contribution in [0.3, 0.4) is 0 Å². The lowest BCUT2D eigenvalue weighted by molar-refractivity contribution is 0.112. The molecule has 2 rings (SSSR count). The van der Waals surface area contributed by atoms with Gasteiger partial charge in [-0.1, -0.05) is 0 Å². The summed E-state index contributed by atoms with van der Waals surface area (Å²) in [5, 5.41) is 18.9. The van der Waals surface area contributed by atoms with E-state index < -0.39 is 5.82 Å². The van der Waals surface area contributed by atoms with Crippen molar-refractivity contribution in [2.75, 3.05) is 0 Å². The predicted octanol–water partition coefficient (Wildman–Crippen LogP) is 1.81. The second-order valence-corrected chi connectivity index (χ2v) is 3.67. The average Bonchev–Trinajstić information content (AvgIpc) is 2.35. The number of hydrogen-bond acceptors (Lipinski definition) is 5. The molecule has 2 N–H and O–H groups in total. The van der Waals surface area contributed by atoms with E-state index in [9.17, 15) is 19.4 Å². The minimum atomic E-state index is -0.729. The number of aromatic hydroxyl groups is 2. The number of halogens is 1. The van der Waals surface area contributed by atoms with Crippen LogP contribution in [-0.2, 0) is 0 Å². The number of phenolic OH excluding ortho intramolecular Hbond substituents is 1. The van der Waals surface area contributed by atoms with Crippen LogP contribution in [0, 0.1) is 12.7 Å². The number of hydrogen-bond donors (Lipinski definition) is 2. The Kier molecular flexibility index (Phi) is 2.93. The van der Waals surface area contributed by atoms with Crippen molar-refractivity contribution < 1.29 is 19.4 Å². The van der Waals surface area contributed by atoms with Crippen molar-refractivity contribution >= 4 is 6.29 Å². The van der Waals surface area contributed by atoms with Gasteiger partial charge in [0.15, 0.2) is 6.29 Å². The molecule has 0 amide bonds. The van der Waals surface area contributed by atoms with Gasteiger partial charge < -0.3 is 10.2 Å². The first kappa shape index (κ1) is 12.0. The van der Waals surface area contributed by atoms with Crippen LogP contribution < -0.4 is 0 Å². The van der Waals surface area contributed by atoms with Gasteiger partial charge >= 0.3 is 0 Å². The summed E-state index contributed by atoms with van der Waals surface area (Å²) in [6, 6.07) is 1.97. The van der Waals surface area contributed by atoms with Crippen LogP contribution in [0.4, 0.5) is 4.39 Å². The summed E-state index contributed by atoms with van der Waals surface area (Å²) in [6.07, 6.45) is 1.62. The van der Waals surface area contributed by atoms with Crippen LogP contribution in [-0.4, -0.2) is 26.5 Å².